The minimum atomic E-state index is -0.239. The van der Waals surface area contributed by atoms with Gasteiger partial charge < -0.3 is 10.1 Å². The van der Waals surface area contributed by atoms with E-state index in [-0.39, 0.29) is 12.0 Å². The first kappa shape index (κ1) is 17.4. The molecule has 1 aromatic carbocycles. The number of hydrogen-bond acceptors (Lipinski definition) is 5. The zero-order valence-electron chi connectivity index (χ0n) is 14.9. The average molecular weight is 363 g/mol. The third-order valence-electron chi connectivity index (χ3n) is 4.59. The van der Waals surface area contributed by atoms with Crippen molar-refractivity contribution >= 4 is 5.91 Å². The van der Waals surface area contributed by atoms with Crippen LogP contribution in [0.1, 0.15) is 28.9 Å². The van der Waals surface area contributed by atoms with E-state index in [1.54, 1.807) is 17.1 Å². The molecule has 7 heteroatoms. The highest BCUT2D eigenvalue weighted by molar-refractivity contribution is 5.98. The molecule has 0 spiro atoms. The van der Waals surface area contributed by atoms with Gasteiger partial charge in [-0.15, -0.1) is 5.10 Å². The summed E-state index contributed by atoms with van der Waals surface area (Å²) in [4.78, 5) is 16.8. The molecule has 0 bridgehead atoms. The van der Waals surface area contributed by atoms with Gasteiger partial charge in [-0.05, 0) is 30.5 Å². The fourth-order valence-corrected chi connectivity index (χ4v) is 3.22. The normalized spacial score (nSPS) is 16.4. The minimum Gasteiger partial charge on any atom is -0.376 e. The molecule has 0 saturated carbocycles. The predicted octanol–water partition coefficient (Wildman–Crippen LogP) is 2.30. The number of benzene rings is 1. The molecule has 1 amide bonds. The Kier molecular flexibility index (Phi) is 5.20. The van der Waals surface area contributed by atoms with Crippen LogP contribution in [0.3, 0.4) is 0 Å². The van der Waals surface area contributed by atoms with Gasteiger partial charge in [0.25, 0.3) is 5.91 Å². The number of aromatic nitrogens is 4. The third-order valence-corrected chi connectivity index (χ3v) is 4.59. The van der Waals surface area contributed by atoms with Crippen molar-refractivity contribution in [3.63, 3.8) is 0 Å². The Hall–Kier alpha value is -3.06. The topological polar surface area (TPSA) is 81.9 Å². The predicted molar refractivity (Wildman–Crippen MR) is 100 cm³/mol. The van der Waals surface area contributed by atoms with E-state index >= 15 is 0 Å². The summed E-state index contributed by atoms with van der Waals surface area (Å²) in [7, 11) is 0. The Morgan fingerprint density at radius 2 is 2.00 bits per heavy atom. The van der Waals surface area contributed by atoms with Crippen LogP contribution >= 0.6 is 0 Å². The van der Waals surface area contributed by atoms with Crippen molar-refractivity contribution < 1.29 is 9.53 Å². The number of nitrogens with one attached hydrogen (secondary N) is 1. The van der Waals surface area contributed by atoms with Crippen LogP contribution in [-0.2, 0) is 11.3 Å². The monoisotopic (exact) mass is 363 g/mol. The zero-order chi connectivity index (χ0) is 18.5. The number of pyridine rings is 1. The molecule has 4 rings (SSSR count). The molecular formula is C20H21N5O2. The Balaban J connectivity index is 1.61. The van der Waals surface area contributed by atoms with Crippen LogP contribution in [0.25, 0.3) is 11.3 Å². The molecule has 1 N–H and O–H groups in total. The van der Waals surface area contributed by atoms with Crippen LogP contribution in [-0.4, -0.2) is 45.1 Å². The van der Waals surface area contributed by atoms with Gasteiger partial charge in [-0.3, -0.25) is 9.78 Å². The number of rotatable bonds is 6. The Morgan fingerprint density at radius 1 is 1.19 bits per heavy atom. The average Bonchev–Trinajstić information content (AvgIpc) is 3.37. The van der Waals surface area contributed by atoms with Crippen LogP contribution in [0.4, 0.5) is 0 Å². The summed E-state index contributed by atoms with van der Waals surface area (Å²) < 4.78 is 7.33. The Bertz CT molecular complexity index is 889. The number of carbonyl (C=O) groups is 1. The molecule has 7 nitrogen and oxygen atoms in total. The molecule has 0 radical (unpaired) electrons. The smallest absolute Gasteiger partial charge is 0.274 e. The highest BCUT2D eigenvalue weighted by Crippen LogP contribution is 2.23. The van der Waals surface area contributed by atoms with Gasteiger partial charge in [-0.25, -0.2) is 4.68 Å². The second-order valence-electron chi connectivity index (χ2n) is 6.51. The van der Waals surface area contributed by atoms with E-state index in [1.165, 1.54) is 0 Å². The molecule has 3 heterocycles. The quantitative estimate of drug-likeness (QED) is 0.727. The van der Waals surface area contributed by atoms with Crippen molar-refractivity contribution in [2.75, 3.05) is 13.2 Å². The van der Waals surface area contributed by atoms with Gasteiger partial charge in [0.15, 0.2) is 5.69 Å². The van der Waals surface area contributed by atoms with Crippen molar-refractivity contribution in [3.8, 4) is 11.3 Å². The second kappa shape index (κ2) is 8.09. The Morgan fingerprint density at radius 3 is 2.74 bits per heavy atom. The van der Waals surface area contributed by atoms with Crippen molar-refractivity contribution in [1.82, 2.24) is 25.3 Å². The summed E-state index contributed by atoms with van der Waals surface area (Å²) in [6.45, 7) is 1.78. The lowest BCUT2D eigenvalue weighted by Gasteiger charge is -2.11. The minimum absolute atomic E-state index is 0.0812. The maximum Gasteiger partial charge on any atom is 0.274 e. The third kappa shape index (κ3) is 4.03. The molecule has 1 aliphatic rings. The van der Waals surface area contributed by atoms with Crippen LogP contribution in [0.2, 0.25) is 0 Å². The molecule has 27 heavy (non-hydrogen) atoms. The number of hydrogen-bond donors (Lipinski definition) is 1. The lowest BCUT2D eigenvalue weighted by molar-refractivity contribution is 0.0854. The SMILES string of the molecule is O=C(NCC1CCCO1)c1nnn(Cc2ccccc2)c1-c1ccncc1. The van der Waals surface area contributed by atoms with Gasteiger partial charge in [0.2, 0.25) is 0 Å². The van der Waals surface area contributed by atoms with Gasteiger partial charge in [0.05, 0.1) is 12.6 Å². The van der Waals surface area contributed by atoms with E-state index in [2.05, 4.69) is 20.6 Å². The molecule has 138 valence electrons. The van der Waals surface area contributed by atoms with Crippen molar-refractivity contribution in [2.24, 2.45) is 0 Å². The van der Waals surface area contributed by atoms with E-state index in [0.717, 1.165) is 30.6 Å². The molecule has 1 saturated heterocycles. The van der Waals surface area contributed by atoms with Crippen LogP contribution < -0.4 is 5.32 Å². The summed E-state index contributed by atoms with van der Waals surface area (Å²) >= 11 is 0. The highest BCUT2D eigenvalue weighted by Gasteiger charge is 2.23. The molecule has 0 aliphatic carbocycles. The van der Waals surface area contributed by atoms with Gasteiger partial charge in [0, 0.05) is 31.1 Å². The number of amides is 1. The molecular weight excluding hydrogens is 342 g/mol. The summed E-state index contributed by atoms with van der Waals surface area (Å²) in [5.74, 6) is -0.239. The van der Waals surface area contributed by atoms with Crippen molar-refractivity contribution in [2.45, 2.75) is 25.5 Å². The van der Waals surface area contributed by atoms with Gasteiger partial charge in [-0.1, -0.05) is 35.5 Å². The highest BCUT2D eigenvalue weighted by atomic mass is 16.5. The van der Waals surface area contributed by atoms with Crippen molar-refractivity contribution in [3.05, 3.63) is 66.1 Å². The van der Waals surface area contributed by atoms with Gasteiger partial charge in [0.1, 0.15) is 5.69 Å². The number of ether oxygens (including phenoxy) is 1. The van der Waals surface area contributed by atoms with E-state index in [1.807, 2.05) is 42.5 Å². The largest absolute Gasteiger partial charge is 0.376 e. The van der Waals surface area contributed by atoms with E-state index in [9.17, 15) is 4.79 Å². The van der Waals surface area contributed by atoms with Gasteiger partial charge in [-0.2, -0.15) is 0 Å². The van der Waals surface area contributed by atoms with Gasteiger partial charge >= 0.3 is 0 Å². The molecule has 1 aliphatic heterocycles. The summed E-state index contributed by atoms with van der Waals surface area (Å²) in [5, 5.41) is 11.3. The van der Waals surface area contributed by atoms with E-state index < -0.39 is 0 Å². The first-order valence-corrected chi connectivity index (χ1v) is 9.09. The first-order valence-electron chi connectivity index (χ1n) is 9.09. The first-order chi connectivity index (χ1) is 13.3. The van der Waals surface area contributed by atoms with Crippen molar-refractivity contribution in [1.29, 1.82) is 0 Å². The summed E-state index contributed by atoms with van der Waals surface area (Å²) in [5.41, 5.74) is 2.94. The molecule has 3 aromatic rings. The molecule has 1 atom stereocenters. The fraction of sp³-hybridized carbons (Fsp3) is 0.300. The second-order valence-corrected chi connectivity index (χ2v) is 6.51. The summed E-state index contributed by atoms with van der Waals surface area (Å²) in [6, 6.07) is 13.7. The lowest BCUT2D eigenvalue weighted by atomic mass is 10.1. The van der Waals surface area contributed by atoms with E-state index in [0.29, 0.717) is 24.5 Å². The fourth-order valence-electron chi connectivity index (χ4n) is 3.22. The lowest BCUT2D eigenvalue weighted by Crippen LogP contribution is -2.32. The van der Waals surface area contributed by atoms with E-state index in [4.69, 9.17) is 4.74 Å². The zero-order valence-corrected chi connectivity index (χ0v) is 14.9. The summed E-state index contributed by atoms with van der Waals surface area (Å²) in [6.07, 6.45) is 5.48. The Labute approximate surface area is 157 Å². The molecule has 1 fully saturated rings. The van der Waals surface area contributed by atoms with Crippen LogP contribution in [0.15, 0.2) is 54.9 Å². The molecule has 2 aromatic heterocycles. The number of nitrogens with zero attached hydrogens (tertiary/aromatic N) is 4. The van der Waals surface area contributed by atoms with Crippen LogP contribution in [0.5, 0.6) is 0 Å². The number of carbonyl (C=O) groups excluding carboxylic acids is 1. The molecule has 1 unspecified atom stereocenters. The maximum atomic E-state index is 12.8. The standard InChI is InChI=1S/C20H21N5O2/c26-20(22-13-17-7-4-12-27-17)18-19(16-8-10-21-11-9-16)25(24-23-18)14-15-5-2-1-3-6-15/h1-3,5-6,8-11,17H,4,7,12-14H2,(H,22,26). The maximum absolute atomic E-state index is 12.8. The van der Waals surface area contributed by atoms with Crippen LogP contribution in [0, 0.1) is 0 Å².